The number of hydrogen-bond donors (Lipinski definition) is 1. The molecule has 0 radical (unpaired) electrons. The Morgan fingerprint density at radius 2 is 1.97 bits per heavy atom. The third-order valence-corrected chi connectivity index (χ3v) is 7.26. The van der Waals surface area contributed by atoms with Crippen molar-refractivity contribution in [2.24, 2.45) is 0 Å². The molecule has 1 atom stereocenters. The van der Waals surface area contributed by atoms with Crippen molar-refractivity contribution >= 4 is 33.3 Å². The van der Waals surface area contributed by atoms with Crippen molar-refractivity contribution in [3.05, 3.63) is 52.7 Å². The second-order valence-electron chi connectivity index (χ2n) is 8.45. The summed E-state index contributed by atoms with van der Waals surface area (Å²) in [5, 5.41) is 4.05. The van der Waals surface area contributed by atoms with E-state index >= 15 is 0 Å². The number of benzene rings is 1. The van der Waals surface area contributed by atoms with Gasteiger partial charge in [-0.25, -0.2) is 9.97 Å². The minimum atomic E-state index is 0.0176. The first-order chi connectivity index (χ1) is 15.1. The van der Waals surface area contributed by atoms with E-state index in [2.05, 4.69) is 38.4 Å². The SMILES string of the molecule is CNC(=O)c1sc2ccccc2c1C[C@H]1CCCCCN1Cc1cnc(N(C)C)nc1. The number of carbonyl (C=O) groups excluding carboxylic acids is 1. The Labute approximate surface area is 188 Å². The highest BCUT2D eigenvalue weighted by Crippen LogP contribution is 2.34. The van der Waals surface area contributed by atoms with Gasteiger partial charge in [0, 0.05) is 56.4 Å². The van der Waals surface area contributed by atoms with Crippen molar-refractivity contribution in [1.82, 2.24) is 20.2 Å². The molecule has 1 aliphatic heterocycles. The fraction of sp³-hybridized carbons (Fsp3) is 0.458. The highest BCUT2D eigenvalue weighted by molar-refractivity contribution is 7.21. The number of thiophene rings is 1. The molecule has 31 heavy (non-hydrogen) atoms. The number of fused-ring (bicyclic) bond motifs is 1. The van der Waals surface area contributed by atoms with Gasteiger partial charge in [-0.2, -0.15) is 0 Å². The Morgan fingerprint density at radius 1 is 1.19 bits per heavy atom. The highest BCUT2D eigenvalue weighted by atomic mass is 32.1. The van der Waals surface area contributed by atoms with E-state index in [1.54, 1.807) is 18.4 Å². The lowest BCUT2D eigenvalue weighted by molar-refractivity contribution is 0.0965. The molecule has 1 fully saturated rings. The average molecular weight is 438 g/mol. The first-order valence-corrected chi connectivity index (χ1v) is 11.8. The van der Waals surface area contributed by atoms with Crippen molar-refractivity contribution < 1.29 is 4.79 Å². The normalized spacial score (nSPS) is 17.5. The summed E-state index contributed by atoms with van der Waals surface area (Å²) in [6.45, 7) is 1.91. The van der Waals surface area contributed by atoms with Crippen LogP contribution in [0.2, 0.25) is 0 Å². The third kappa shape index (κ3) is 4.88. The maximum absolute atomic E-state index is 12.6. The van der Waals surface area contributed by atoms with Gasteiger partial charge in [0.2, 0.25) is 5.95 Å². The highest BCUT2D eigenvalue weighted by Gasteiger charge is 2.26. The standard InChI is InChI=1S/C24H31N5OS/c1-25-23(30)22-20(19-10-6-7-11-21(19)31-22)13-18-9-5-4-8-12-29(18)16-17-14-26-24(27-15-17)28(2)3/h6-7,10-11,14-15,18H,4-5,8-9,12-13,16H2,1-3H3,(H,25,30)/t18-/m1/s1. The van der Waals surface area contributed by atoms with E-state index in [0.717, 1.165) is 42.3 Å². The molecule has 0 unspecified atom stereocenters. The molecule has 1 amide bonds. The Hall–Kier alpha value is -2.51. The summed E-state index contributed by atoms with van der Waals surface area (Å²) in [6.07, 6.45) is 9.63. The van der Waals surface area contributed by atoms with Crippen LogP contribution in [0.3, 0.4) is 0 Å². The Balaban J connectivity index is 1.61. The van der Waals surface area contributed by atoms with Crippen molar-refractivity contribution in [3.63, 3.8) is 0 Å². The maximum atomic E-state index is 12.6. The number of carbonyl (C=O) groups is 1. The number of rotatable bonds is 6. The maximum Gasteiger partial charge on any atom is 0.261 e. The molecule has 7 heteroatoms. The first kappa shape index (κ1) is 21.7. The molecule has 2 aromatic heterocycles. The van der Waals surface area contributed by atoms with Crippen LogP contribution in [0.5, 0.6) is 0 Å². The number of likely N-dealkylation sites (tertiary alicyclic amines) is 1. The summed E-state index contributed by atoms with van der Waals surface area (Å²) in [6, 6.07) is 8.79. The van der Waals surface area contributed by atoms with Crippen LogP contribution in [0.4, 0.5) is 5.95 Å². The summed E-state index contributed by atoms with van der Waals surface area (Å²) in [5.41, 5.74) is 2.33. The molecule has 0 bridgehead atoms. The molecule has 0 aliphatic carbocycles. The summed E-state index contributed by atoms with van der Waals surface area (Å²) >= 11 is 1.60. The first-order valence-electron chi connectivity index (χ1n) is 11.0. The zero-order valence-corrected chi connectivity index (χ0v) is 19.4. The van der Waals surface area contributed by atoms with Gasteiger partial charge in [0.1, 0.15) is 0 Å². The van der Waals surface area contributed by atoms with Crippen molar-refractivity contribution in [2.45, 2.75) is 44.7 Å². The van der Waals surface area contributed by atoms with Gasteiger partial charge in [0.25, 0.3) is 5.91 Å². The average Bonchev–Trinajstić information content (AvgIpc) is 3.00. The Morgan fingerprint density at radius 3 is 2.71 bits per heavy atom. The number of hydrogen-bond acceptors (Lipinski definition) is 6. The summed E-state index contributed by atoms with van der Waals surface area (Å²) in [4.78, 5) is 27.0. The van der Waals surface area contributed by atoms with E-state index in [1.165, 1.54) is 34.9 Å². The van der Waals surface area contributed by atoms with Crippen LogP contribution in [-0.4, -0.2) is 54.5 Å². The van der Waals surface area contributed by atoms with E-state index in [0.29, 0.717) is 6.04 Å². The van der Waals surface area contributed by atoms with Gasteiger partial charge < -0.3 is 10.2 Å². The quantitative estimate of drug-likeness (QED) is 0.629. The van der Waals surface area contributed by atoms with Gasteiger partial charge in [-0.05, 0) is 42.8 Å². The lowest BCUT2D eigenvalue weighted by atomic mass is 9.97. The molecular weight excluding hydrogens is 406 g/mol. The zero-order valence-electron chi connectivity index (χ0n) is 18.6. The molecule has 1 N–H and O–H groups in total. The lowest BCUT2D eigenvalue weighted by Gasteiger charge is -2.30. The molecule has 1 aliphatic rings. The summed E-state index contributed by atoms with van der Waals surface area (Å²) < 4.78 is 1.18. The molecule has 1 aromatic carbocycles. The lowest BCUT2D eigenvalue weighted by Crippen LogP contribution is -2.36. The predicted octanol–water partition coefficient (Wildman–Crippen LogP) is 4.10. The van der Waals surface area contributed by atoms with Crippen molar-refractivity contribution in [2.75, 3.05) is 32.6 Å². The van der Waals surface area contributed by atoms with E-state index in [9.17, 15) is 4.79 Å². The zero-order chi connectivity index (χ0) is 21.8. The fourth-order valence-electron chi connectivity index (χ4n) is 4.41. The monoisotopic (exact) mass is 437 g/mol. The van der Waals surface area contributed by atoms with Gasteiger partial charge in [0.05, 0.1) is 4.88 Å². The number of amides is 1. The van der Waals surface area contributed by atoms with Crippen LogP contribution in [0.25, 0.3) is 10.1 Å². The van der Waals surface area contributed by atoms with Crippen LogP contribution in [0.1, 0.15) is 46.5 Å². The third-order valence-electron chi connectivity index (χ3n) is 6.05. The number of nitrogens with one attached hydrogen (secondary N) is 1. The summed E-state index contributed by atoms with van der Waals surface area (Å²) in [5.74, 6) is 0.750. The number of nitrogens with zero attached hydrogens (tertiary/aromatic N) is 4. The topological polar surface area (TPSA) is 61.4 Å². The molecule has 1 saturated heterocycles. The molecule has 0 spiro atoms. The van der Waals surface area contributed by atoms with E-state index < -0.39 is 0 Å². The largest absolute Gasteiger partial charge is 0.354 e. The van der Waals surface area contributed by atoms with Gasteiger partial charge in [-0.1, -0.05) is 31.0 Å². The van der Waals surface area contributed by atoms with E-state index in [1.807, 2.05) is 37.5 Å². The molecule has 6 nitrogen and oxygen atoms in total. The number of anilines is 1. The molecule has 164 valence electrons. The van der Waals surface area contributed by atoms with Gasteiger partial charge >= 0.3 is 0 Å². The molecule has 3 aromatic rings. The van der Waals surface area contributed by atoms with Crippen LogP contribution >= 0.6 is 11.3 Å². The van der Waals surface area contributed by atoms with Gasteiger partial charge in [-0.3, -0.25) is 9.69 Å². The van der Waals surface area contributed by atoms with E-state index in [-0.39, 0.29) is 5.91 Å². The predicted molar refractivity (Wildman–Crippen MR) is 128 cm³/mol. The van der Waals surface area contributed by atoms with Crippen LogP contribution in [0.15, 0.2) is 36.7 Å². The Bertz CT molecular complexity index is 1030. The van der Waals surface area contributed by atoms with Crippen LogP contribution in [0, 0.1) is 0 Å². The summed E-state index contributed by atoms with van der Waals surface area (Å²) in [7, 11) is 5.62. The minimum Gasteiger partial charge on any atom is -0.354 e. The Kier molecular flexibility index (Phi) is 6.83. The van der Waals surface area contributed by atoms with Gasteiger partial charge in [0.15, 0.2) is 0 Å². The molecule has 4 rings (SSSR count). The van der Waals surface area contributed by atoms with Crippen LogP contribution < -0.4 is 10.2 Å². The van der Waals surface area contributed by atoms with Gasteiger partial charge in [-0.15, -0.1) is 11.3 Å². The van der Waals surface area contributed by atoms with Crippen molar-refractivity contribution in [1.29, 1.82) is 0 Å². The molecular formula is C24H31N5OS. The van der Waals surface area contributed by atoms with Crippen LogP contribution in [-0.2, 0) is 13.0 Å². The smallest absolute Gasteiger partial charge is 0.261 e. The molecule has 3 heterocycles. The minimum absolute atomic E-state index is 0.0176. The van der Waals surface area contributed by atoms with Crippen molar-refractivity contribution in [3.8, 4) is 0 Å². The van der Waals surface area contributed by atoms with E-state index in [4.69, 9.17) is 0 Å². The second-order valence-corrected chi connectivity index (χ2v) is 9.50. The fourth-order valence-corrected chi connectivity index (χ4v) is 5.58. The molecule has 0 saturated carbocycles. The number of aromatic nitrogens is 2. The second kappa shape index (κ2) is 9.75.